The Morgan fingerprint density at radius 3 is 2.28 bits per heavy atom. The number of anilines is 2. The van der Waals surface area contributed by atoms with Crippen LogP contribution in [0.1, 0.15) is 5.56 Å². The highest BCUT2D eigenvalue weighted by Gasteiger charge is 2.17. The molecule has 0 aliphatic carbocycles. The van der Waals surface area contributed by atoms with Crippen molar-refractivity contribution in [3.05, 3.63) is 60.2 Å². The summed E-state index contributed by atoms with van der Waals surface area (Å²) in [5.74, 6) is 0.248. The van der Waals surface area contributed by atoms with Crippen molar-refractivity contribution in [3.8, 4) is 0 Å². The average molecular weight is 360 g/mol. The fourth-order valence-corrected chi connectivity index (χ4v) is 3.20. The molecule has 1 heterocycles. The van der Waals surface area contributed by atoms with Crippen molar-refractivity contribution in [2.45, 2.75) is 12.6 Å². The molecule has 0 amide bonds. The van der Waals surface area contributed by atoms with Gasteiger partial charge in [0.2, 0.25) is 0 Å². The first-order valence-electron chi connectivity index (χ1n) is 8.84. The Morgan fingerprint density at radius 1 is 0.960 bits per heavy atom. The average Bonchev–Trinajstić information content (AvgIpc) is 2.68. The number of rotatable bonds is 7. The van der Waals surface area contributed by atoms with E-state index < -0.39 is 6.10 Å². The molecule has 2 N–H and O–H groups in total. The molecule has 5 heteroatoms. The van der Waals surface area contributed by atoms with Gasteiger partial charge in [-0.25, -0.2) is 0 Å². The van der Waals surface area contributed by atoms with Crippen LogP contribution < -0.4 is 10.2 Å². The van der Waals surface area contributed by atoms with Gasteiger partial charge in [0, 0.05) is 50.6 Å². The van der Waals surface area contributed by atoms with Crippen LogP contribution in [0, 0.1) is 0 Å². The molecule has 3 rings (SSSR count). The van der Waals surface area contributed by atoms with Crippen molar-refractivity contribution in [2.75, 3.05) is 48.8 Å². The summed E-state index contributed by atoms with van der Waals surface area (Å²) in [5, 5.41) is 12.7. The lowest BCUT2D eigenvalue weighted by Gasteiger charge is -2.36. The summed E-state index contributed by atoms with van der Waals surface area (Å²) in [5.41, 5.74) is 3.64. The molecule has 2 aromatic carbocycles. The number of halogens is 1. The number of aliphatic hydroxyl groups excluding tert-OH is 1. The van der Waals surface area contributed by atoms with Gasteiger partial charge >= 0.3 is 0 Å². The molecule has 0 radical (unpaired) electrons. The van der Waals surface area contributed by atoms with E-state index in [1.165, 1.54) is 11.3 Å². The quantitative estimate of drug-likeness (QED) is 0.745. The Morgan fingerprint density at radius 2 is 1.64 bits per heavy atom. The topological polar surface area (TPSA) is 38.7 Å². The van der Waals surface area contributed by atoms with Crippen LogP contribution in [-0.4, -0.2) is 54.7 Å². The zero-order valence-electron chi connectivity index (χ0n) is 14.4. The predicted molar refractivity (Wildman–Crippen MR) is 106 cm³/mol. The largest absolute Gasteiger partial charge is 0.390 e. The van der Waals surface area contributed by atoms with Gasteiger partial charge in [-0.3, -0.25) is 4.90 Å². The first-order valence-corrected chi connectivity index (χ1v) is 9.37. The van der Waals surface area contributed by atoms with Crippen molar-refractivity contribution in [1.82, 2.24) is 4.90 Å². The second-order valence-electron chi connectivity index (χ2n) is 6.48. The predicted octanol–water partition coefficient (Wildman–Crippen LogP) is 3.02. The second kappa shape index (κ2) is 9.09. The van der Waals surface area contributed by atoms with Gasteiger partial charge in [0.1, 0.15) is 0 Å². The molecule has 0 aromatic heterocycles. The van der Waals surface area contributed by atoms with Gasteiger partial charge in [-0.15, -0.1) is 11.6 Å². The van der Waals surface area contributed by atoms with Gasteiger partial charge in [0.15, 0.2) is 0 Å². The van der Waals surface area contributed by atoms with Crippen molar-refractivity contribution >= 4 is 23.0 Å². The molecule has 1 aliphatic heterocycles. The van der Waals surface area contributed by atoms with Gasteiger partial charge in [-0.1, -0.05) is 30.3 Å². The van der Waals surface area contributed by atoms with Crippen LogP contribution >= 0.6 is 11.6 Å². The van der Waals surface area contributed by atoms with Crippen molar-refractivity contribution in [1.29, 1.82) is 0 Å². The molecule has 0 spiro atoms. The lowest BCUT2D eigenvalue weighted by molar-refractivity contribution is 0.211. The molecule has 1 saturated heterocycles. The number of hydrogen-bond acceptors (Lipinski definition) is 4. The van der Waals surface area contributed by atoms with Crippen LogP contribution in [-0.2, 0) is 6.54 Å². The van der Waals surface area contributed by atoms with Crippen LogP contribution in [0.2, 0.25) is 0 Å². The molecule has 1 atom stereocenters. The lowest BCUT2D eigenvalue weighted by atomic mass is 10.2. The number of aliphatic hydroxyl groups is 1. The smallest absolute Gasteiger partial charge is 0.0847 e. The normalized spacial score (nSPS) is 16.6. The minimum absolute atomic E-state index is 0.248. The van der Waals surface area contributed by atoms with Crippen LogP contribution in [0.3, 0.4) is 0 Å². The SMILES string of the molecule is OC(CCl)CNc1ccc(N2CCN(Cc3ccccc3)CC2)cc1. The second-order valence-corrected chi connectivity index (χ2v) is 6.79. The number of hydrogen-bond donors (Lipinski definition) is 2. The fourth-order valence-electron chi connectivity index (χ4n) is 3.09. The van der Waals surface area contributed by atoms with E-state index in [1.807, 2.05) is 0 Å². The van der Waals surface area contributed by atoms with Crippen LogP contribution in [0.4, 0.5) is 11.4 Å². The van der Waals surface area contributed by atoms with E-state index in [4.69, 9.17) is 11.6 Å². The van der Waals surface area contributed by atoms with Crippen LogP contribution in [0.15, 0.2) is 54.6 Å². The van der Waals surface area contributed by atoms with Gasteiger partial charge in [-0.05, 0) is 29.8 Å². The van der Waals surface area contributed by atoms with Gasteiger partial charge in [0.05, 0.1) is 12.0 Å². The summed E-state index contributed by atoms with van der Waals surface area (Å²) in [6, 6.07) is 19.1. The summed E-state index contributed by atoms with van der Waals surface area (Å²) >= 11 is 5.61. The summed E-state index contributed by atoms with van der Waals surface area (Å²) in [7, 11) is 0. The molecule has 0 saturated carbocycles. The van der Waals surface area contributed by atoms with Crippen LogP contribution in [0.5, 0.6) is 0 Å². The molecule has 1 unspecified atom stereocenters. The molecular weight excluding hydrogens is 334 g/mol. The molecule has 2 aromatic rings. The number of benzene rings is 2. The Labute approximate surface area is 155 Å². The van der Waals surface area contributed by atoms with Gasteiger partial charge in [0.25, 0.3) is 0 Å². The standard InChI is InChI=1S/C20H26ClN3O/c21-14-20(25)15-22-18-6-8-19(9-7-18)24-12-10-23(11-13-24)16-17-4-2-1-3-5-17/h1-9,20,22,25H,10-16H2. The van der Waals surface area contributed by atoms with E-state index in [2.05, 4.69) is 69.7 Å². The zero-order valence-corrected chi connectivity index (χ0v) is 15.2. The summed E-state index contributed by atoms with van der Waals surface area (Å²) < 4.78 is 0. The van der Waals surface area contributed by atoms with E-state index in [0.717, 1.165) is 38.4 Å². The minimum atomic E-state index is -0.515. The van der Waals surface area contributed by atoms with Crippen molar-refractivity contribution in [2.24, 2.45) is 0 Å². The monoisotopic (exact) mass is 359 g/mol. The van der Waals surface area contributed by atoms with E-state index in [1.54, 1.807) is 0 Å². The molecule has 134 valence electrons. The van der Waals surface area contributed by atoms with E-state index in [0.29, 0.717) is 6.54 Å². The van der Waals surface area contributed by atoms with E-state index >= 15 is 0 Å². The molecule has 4 nitrogen and oxygen atoms in total. The molecule has 1 aliphatic rings. The summed E-state index contributed by atoms with van der Waals surface area (Å²) in [4.78, 5) is 4.94. The van der Waals surface area contributed by atoms with Gasteiger partial charge < -0.3 is 15.3 Å². The maximum absolute atomic E-state index is 9.50. The Kier molecular flexibility index (Phi) is 6.56. The Hall–Kier alpha value is -1.75. The number of piperazine rings is 1. The van der Waals surface area contributed by atoms with Gasteiger partial charge in [-0.2, -0.15) is 0 Å². The molecular formula is C20H26ClN3O. The Bertz CT molecular complexity index is 627. The first-order chi connectivity index (χ1) is 12.2. The third-order valence-electron chi connectivity index (χ3n) is 4.57. The fraction of sp³-hybridized carbons (Fsp3) is 0.400. The van der Waals surface area contributed by atoms with E-state index in [-0.39, 0.29) is 5.88 Å². The van der Waals surface area contributed by atoms with Crippen molar-refractivity contribution in [3.63, 3.8) is 0 Å². The maximum Gasteiger partial charge on any atom is 0.0847 e. The number of nitrogens with zero attached hydrogens (tertiary/aromatic N) is 2. The first kappa shape index (κ1) is 18.1. The van der Waals surface area contributed by atoms with Crippen LogP contribution in [0.25, 0.3) is 0 Å². The maximum atomic E-state index is 9.50. The molecule has 25 heavy (non-hydrogen) atoms. The Balaban J connectivity index is 1.47. The van der Waals surface area contributed by atoms with E-state index in [9.17, 15) is 5.11 Å². The lowest BCUT2D eigenvalue weighted by Crippen LogP contribution is -2.45. The third-order valence-corrected chi connectivity index (χ3v) is 4.93. The number of alkyl halides is 1. The minimum Gasteiger partial charge on any atom is -0.390 e. The third kappa shape index (κ3) is 5.36. The highest BCUT2D eigenvalue weighted by atomic mass is 35.5. The summed E-state index contributed by atoms with van der Waals surface area (Å²) in [6.07, 6.45) is -0.515. The highest BCUT2D eigenvalue weighted by Crippen LogP contribution is 2.20. The zero-order chi connectivity index (χ0) is 17.5. The summed E-state index contributed by atoms with van der Waals surface area (Å²) in [6.45, 7) is 5.75. The number of nitrogens with one attached hydrogen (secondary N) is 1. The molecule has 0 bridgehead atoms. The molecule has 1 fully saturated rings. The highest BCUT2D eigenvalue weighted by molar-refractivity contribution is 6.18. The van der Waals surface area contributed by atoms with Crippen molar-refractivity contribution < 1.29 is 5.11 Å².